The topological polar surface area (TPSA) is 70.5 Å². The largest absolute Gasteiger partial charge is 0.481 e. The third kappa shape index (κ3) is 5.32. The van der Waals surface area contributed by atoms with E-state index < -0.39 is 5.97 Å². The van der Waals surface area contributed by atoms with E-state index >= 15 is 0 Å². The minimum atomic E-state index is -0.775. The molecule has 0 aliphatic carbocycles. The molecule has 1 aromatic heterocycles. The number of aliphatic carboxylic acids is 1. The van der Waals surface area contributed by atoms with Gasteiger partial charge in [0, 0.05) is 42.8 Å². The summed E-state index contributed by atoms with van der Waals surface area (Å²) in [7, 11) is 0. The molecule has 5 nitrogen and oxygen atoms in total. The predicted molar refractivity (Wildman–Crippen MR) is 84.6 cm³/mol. The maximum Gasteiger partial charge on any atom is 0.303 e. The maximum atomic E-state index is 12.0. The highest BCUT2D eigenvalue weighted by molar-refractivity contribution is 7.98. The number of hydrogen-bond donors (Lipinski definition) is 1. The summed E-state index contributed by atoms with van der Waals surface area (Å²) >= 11 is 3.37. The lowest BCUT2D eigenvalue weighted by molar-refractivity contribution is -0.138. The van der Waals surface area contributed by atoms with Crippen LogP contribution in [-0.2, 0) is 15.3 Å². The summed E-state index contributed by atoms with van der Waals surface area (Å²) in [6.07, 6.45) is 1.50. The van der Waals surface area contributed by atoms with Gasteiger partial charge in [-0.1, -0.05) is 0 Å². The summed E-state index contributed by atoms with van der Waals surface area (Å²) in [5.41, 5.74) is 1.08. The van der Waals surface area contributed by atoms with E-state index in [-0.39, 0.29) is 18.2 Å². The molecule has 1 atom stereocenters. The third-order valence-electron chi connectivity index (χ3n) is 3.48. The van der Waals surface area contributed by atoms with Crippen LogP contribution >= 0.6 is 23.1 Å². The molecule has 1 amide bonds. The molecule has 1 aromatic rings. The van der Waals surface area contributed by atoms with Crippen molar-refractivity contribution in [3.8, 4) is 0 Å². The number of hydrogen-bond acceptors (Lipinski definition) is 5. The number of amides is 1. The Bertz CT molecular complexity index is 504. The maximum absolute atomic E-state index is 12.0. The Morgan fingerprint density at radius 1 is 1.57 bits per heavy atom. The van der Waals surface area contributed by atoms with E-state index in [9.17, 15) is 9.59 Å². The first-order chi connectivity index (χ1) is 10.0. The van der Waals surface area contributed by atoms with Gasteiger partial charge in [-0.15, -0.1) is 11.3 Å². The van der Waals surface area contributed by atoms with E-state index in [1.165, 1.54) is 0 Å². The van der Waals surface area contributed by atoms with Gasteiger partial charge in [-0.05, 0) is 19.3 Å². The van der Waals surface area contributed by atoms with Crippen LogP contribution in [0.15, 0.2) is 5.38 Å². The second-order valence-corrected chi connectivity index (χ2v) is 7.42. The molecule has 2 heterocycles. The molecular formula is C14H20N2O3S2. The van der Waals surface area contributed by atoms with Gasteiger partial charge in [0.1, 0.15) is 0 Å². The van der Waals surface area contributed by atoms with Crippen LogP contribution in [0.2, 0.25) is 0 Å². The first-order valence-electron chi connectivity index (χ1n) is 7.03. The fourth-order valence-corrected chi connectivity index (χ4v) is 3.98. The summed E-state index contributed by atoms with van der Waals surface area (Å²) in [5, 5.41) is 11.9. The normalized spacial score (nSPS) is 18.1. The monoisotopic (exact) mass is 328 g/mol. The van der Waals surface area contributed by atoms with Crippen LogP contribution in [0.5, 0.6) is 0 Å². The summed E-state index contributed by atoms with van der Waals surface area (Å²) < 4.78 is 0. The van der Waals surface area contributed by atoms with Gasteiger partial charge in [-0.25, -0.2) is 4.98 Å². The van der Waals surface area contributed by atoms with E-state index in [0.717, 1.165) is 28.6 Å². The molecule has 7 heteroatoms. The molecule has 1 fully saturated rings. The lowest BCUT2D eigenvalue weighted by atomic mass is 10.1. The molecule has 0 spiro atoms. The highest BCUT2D eigenvalue weighted by atomic mass is 32.2. The third-order valence-corrected chi connectivity index (χ3v) is 5.29. The molecule has 0 bridgehead atoms. The van der Waals surface area contributed by atoms with Crippen LogP contribution in [0.3, 0.4) is 0 Å². The zero-order valence-electron chi connectivity index (χ0n) is 12.1. The molecule has 1 saturated heterocycles. The van der Waals surface area contributed by atoms with Gasteiger partial charge >= 0.3 is 5.97 Å². The van der Waals surface area contributed by atoms with Gasteiger partial charge < -0.3 is 10.0 Å². The molecule has 116 valence electrons. The zero-order valence-corrected chi connectivity index (χ0v) is 13.7. The van der Waals surface area contributed by atoms with Crippen LogP contribution < -0.4 is 0 Å². The number of carboxylic acids is 1. The van der Waals surface area contributed by atoms with Crippen molar-refractivity contribution < 1.29 is 14.7 Å². The lowest BCUT2D eigenvalue weighted by Crippen LogP contribution is -2.29. The number of likely N-dealkylation sites (tertiary alicyclic amines) is 1. The SMILES string of the molecule is Cc1nc(CSCCC(=O)N2CCC(CC(=O)O)C2)cs1. The van der Waals surface area contributed by atoms with Crippen molar-refractivity contribution >= 4 is 35.0 Å². The first-order valence-corrected chi connectivity index (χ1v) is 9.06. The average Bonchev–Trinajstić information content (AvgIpc) is 3.03. The molecule has 0 aromatic carbocycles. The fourth-order valence-electron chi connectivity index (χ4n) is 2.44. The van der Waals surface area contributed by atoms with Crippen molar-refractivity contribution in [1.29, 1.82) is 0 Å². The van der Waals surface area contributed by atoms with Gasteiger partial charge in [0.05, 0.1) is 10.7 Å². The molecule has 1 unspecified atom stereocenters. The number of carbonyl (C=O) groups excluding carboxylic acids is 1. The highest BCUT2D eigenvalue weighted by Gasteiger charge is 2.27. The van der Waals surface area contributed by atoms with Gasteiger partial charge in [0.15, 0.2) is 0 Å². The Balaban J connectivity index is 1.62. The Hall–Kier alpha value is -1.08. The Kier molecular flexibility index (Phi) is 6.05. The number of nitrogens with zero attached hydrogens (tertiary/aromatic N) is 2. The number of carboxylic acid groups (broad SMARTS) is 1. The zero-order chi connectivity index (χ0) is 15.2. The number of rotatable bonds is 7. The molecule has 1 aliphatic heterocycles. The predicted octanol–water partition coefficient (Wildman–Crippen LogP) is 2.40. The molecular weight excluding hydrogens is 308 g/mol. The minimum Gasteiger partial charge on any atom is -0.481 e. The van der Waals surface area contributed by atoms with E-state index in [2.05, 4.69) is 10.4 Å². The van der Waals surface area contributed by atoms with Crippen LogP contribution in [-0.4, -0.2) is 45.7 Å². The van der Waals surface area contributed by atoms with Crippen molar-refractivity contribution in [3.05, 3.63) is 16.1 Å². The van der Waals surface area contributed by atoms with Crippen molar-refractivity contribution in [3.63, 3.8) is 0 Å². The first kappa shape index (κ1) is 16.3. The van der Waals surface area contributed by atoms with Crippen molar-refractivity contribution in [2.75, 3.05) is 18.8 Å². The molecule has 1 aliphatic rings. The van der Waals surface area contributed by atoms with E-state index in [1.807, 2.05) is 6.92 Å². The van der Waals surface area contributed by atoms with E-state index in [0.29, 0.717) is 19.5 Å². The lowest BCUT2D eigenvalue weighted by Gasteiger charge is -2.15. The summed E-state index contributed by atoms with van der Waals surface area (Å²) in [6, 6.07) is 0. The van der Waals surface area contributed by atoms with Crippen LogP contribution in [0, 0.1) is 12.8 Å². The molecule has 1 N–H and O–H groups in total. The van der Waals surface area contributed by atoms with Crippen molar-refractivity contribution in [1.82, 2.24) is 9.88 Å². The van der Waals surface area contributed by atoms with Crippen LogP contribution in [0.25, 0.3) is 0 Å². The Morgan fingerprint density at radius 3 is 3.05 bits per heavy atom. The van der Waals surface area contributed by atoms with Gasteiger partial charge in [-0.3, -0.25) is 9.59 Å². The Morgan fingerprint density at radius 2 is 2.38 bits per heavy atom. The summed E-state index contributed by atoms with van der Waals surface area (Å²) in [4.78, 5) is 28.9. The van der Waals surface area contributed by atoms with Crippen molar-refractivity contribution in [2.45, 2.75) is 31.9 Å². The van der Waals surface area contributed by atoms with Gasteiger partial charge in [-0.2, -0.15) is 11.8 Å². The van der Waals surface area contributed by atoms with Gasteiger partial charge in [0.2, 0.25) is 5.91 Å². The standard InChI is InChI=1S/C14H20N2O3S2/c1-10-15-12(9-21-10)8-20-5-3-13(17)16-4-2-11(7-16)6-14(18)19/h9,11H,2-8H2,1H3,(H,18,19). The summed E-state index contributed by atoms with van der Waals surface area (Å²) in [5.74, 6) is 1.12. The number of thioether (sulfide) groups is 1. The quantitative estimate of drug-likeness (QED) is 0.778. The van der Waals surface area contributed by atoms with Crippen LogP contribution in [0.1, 0.15) is 30.0 Å². The minimum absolute atomic E-state index is 0.122. The second-order valence-electron chi connectivity index (χ2n) is 5.25. The molecule has 21 heavy (non-hydrogen) atoms. The van der Waals surface area contributed by atoms with Crippen molar-refractivity contribution in [2.24, 2.45) is 5.92 Å². The van der Waals surface area contributed by atoms with Gasteiger partial charge in [0.25, 0.3) is 0 Å². The number of carbonyl (C=O) groups is 2. The fraction of sp³-hybridized carbons (Fsp3) is 0.643. The van der Waals surface area contributed by atoms with Crippen LogP contribution in [0.4, 0.5) is 0 Å². The molecule has 2 rings (SSSR count). The average molecular weight is 328 g/mol. The van der Waals surface area contributed by atoms with E-state index in [1.54, 1.807) is 28.0 Å². The second kappa shape index (κ2) is 7.79. The number of thiazole rings is 1. The molecule has 0 radical (unpaired) electrons. The smallest absolute Gasteiger partial charge is 0.303 e. The highest BCUT2D eigenvalue weighted by Crippen LogP contribution is 2.21. The van der Waals surface area contributed by atoms with E-state index in [4.69, 9.17) is 5.11 Å². The Labute approximate surface area is 132 Å². The number of aryl methyl sites for hydroxylation is 1. The molecule has 0 saturated carbocycles. The number of aromatic nitrogens is 1. The summed E-state index contributed by atoms with van der Waals surface area (Å²) in [6.45, 7) is 3.29.